The van der Waals surface area contributed by atoms with Crippen LogP contribution in [0.15, 0.2) is 58.8 Å². The number of hydroxylamine groups is 1. The van der Waals surface area contributed by atoms with Crippen LogP contribution in [0.2, 0.25) is 0 Å². The molecule has 2 aromatic carbocycles. The molecule has 1 aromatic heterocycles. The van der Waals surface area contributed by atoms with E-state index in [2.05, 4.69) is 4.72 Å². The van der Waals surface area contributed by atoms with E-state index in [1.54, 1.807) is 35.8 Å². The van der Waals surface area contributed by atoms with Gasteiger partial charge in [-0.25, -0.2) is 13.9 Å². The van der Waals surface area contributed by atoms with Crippen LogP contribution in [0.5, 0.6) is 0 Å². The number of carbonyl (C=O) groups excluding carboxylic acids is 1. The van der Waals surface area contributed by atoms with Crippen LogP contribution >= 0.6 is 11.3 Å². The lowest BCUT2D eigenvalue weighted by Crippen LogP contribution is -2.20. The van der Waals surface area contributed by atoms with Gasteiger partial charge in [0, 0.05) is 10.4 Å². The van der Waals surface area contributed by atoms with Gasteiger partial charge in [0.05, 0.1) is 6.42 Å². The Hall–Kier alpha value is -2.42. The lowest BCUT2D eigenvalue weighted by molar-refractivity contribution is -0.128. The average Bonchev–Trinajstić information content (AvgIpc) is 2.99. The lowest BCUT2D eigenvalue weighted by atomic mass is 10.1. The Morgan fingerprint density at radius 2 is 1.88 bits per heavy atom. The summed E-state index contributed by atoms with van der Waals surface area (Å²) in [5.41, 5.74) is 2.48. The predicted molar refractivity (Wildman–Crippen MR) is 92.7 cm³/mol. The number of sulfonamides is 1. The fourth-order valence-corrected chi connectivity index (χ4v) is 4.71. The van der Waals surface area contributed by atoms with Crippen LogP contribution in [0.3, 0.4) is 0 Å². The van der Waals surface area contributed by atoms with E-state index >= 15 is 0 Å². The summed E-state index contributed by atoms with van der Waals surface area (Å²) >= 11 is 1.19. The summed E-state index contributed by atoms with van der Waals surface area (Å²) in [6.45, 7) is 0. The first kappa shape index (κ1) is 16.4. The number of hydrogen-bond acceptors (Lipinski definition) is 5. The summed E-state index contributed by atoms with van der Waals surface area (Å²) in [5, 5.41) is 9.43. The number of rotatable bonds is 5. The molecule has 3 N–H and O–H groups in total. The molecule has 24 heavy (non-hydrogen) atoms. The number of anilines is 1. The van der Waals surface area contributed by atoms with Crippen LogP contribution < -0.4 is 10.2 Å². The van der Waals surface area contributed by atoms with Crippen molar-refractivity contribution in [1.82, 2.24) is 5.48 Å². The fourth-order valence-electron chi connectivity index (χ4n) is 2.27. The standard InChI is InChI=1S/C16H14N2O4S2/c19-15(17-20)9-11-4-3-6-13(8-11)18-24(21,22)16-10-12-5-1-2-7-14(12)23-16/h1-8,10,18,20H,9H2,(H,17,19). The highest BCUT2D eigenvalue weighted by atomic mass is 32.2. The number of hydrogen-bond donors (Lipinski definition) is 3. The SMILES string of the molecule is O=C(Cc1cccc(NS(=O)(=O)c2cc3ccccc3s2)c1)NO. The number of thiophene rings is 1. The van der Waals surface area contributed by atoms with E-state index in [1.807, 2.05) is 24.3 Å². The topological polar surface area (TPSA) is 95.5 Å². The van der Waals surface area contributed by atoms with Gasteiger partial charge in [-0.2, -0.15) is 0 Å². The van der Waals surface area contributed by atoms with Gasteiger partial charge in [0.25, 0.3) is 10.0 Å². The molecule has 0 bridgehead atoms. The third kappa shape index (κ3) is 3.56. The van der Waals surface area contributed by atoms with Crippen molar-refractivity contribution in [2.24, 2.45) is 0 Å². The summed E-state index contributed by atoms with van der Waals surface area (Å²) in [4.78, 5) is 11.2. The Balaban J connectivity index is 1.86. The molecule has 6 nitrogen and oxygen atoms in total. The number of fused-ring (bicyclic) bond motifs is 1. The molecule has 3 rings (SSSR count). The van der Waals surface area contributed by atoms with E-state index in [0.29, 0.717) is 11.3 Å². The highest BCUT2D eigenvalue weighted by Gasteiger charge is 2.18. The van der Waals surface area contributed by atoms with Crippen molar-refractivity contribution in [3.8, 4) is 0 Å². The maximum Gasteiger partial charge on any atom is 0.271 e. The van der Waals surface area contributed by atoms with E-state index in [1.165, 1.54) is 11.3 Å². The van der Waals surface area contributed by atoms with Crippen LogP contribution in [-0.2, 0) is 21.2 Å². The van der Waals surface area contributed by atoms with Crippen molar-refractivity contribution in [2.45, 2.75) is 10.6 Å². The summed E-state index contributed by atoms with van der Waals surface area (Å²) in [5.74, 6) is -0.570. The van der Waals surface area contributed by atoms with Gasteiger partial charge in [-0.3, -0.25) is 14.7 Å². The van der Waals surface area contributed by atoms with E-state index in [9.17, 15) is 13.2 Å². The van der Waals surface area contributed by atoms with Gasteiger partial charge in [-0.15, -0.1) is 11.3 Å². The predicted octanol–water partition coefficient (Wildman–Crippen LogP) is 2.75. The minimum atomic E-state index is -3.71. The second kappa shape index (κ2) is 6.60. The Morgan fingerprint density at radius 1 is 1.08 bits per heavy atom. The lowest BCUT2D eigenvalue weighted by Gasteiger charge is -2.08. The number of nitrogens with one attached hydrogen (secondary N) is 2. The largest absolute Gasteiger partial charge is 0.289 e. The molecule has 0 unspecified atom stereocenters. The first-order chi connectivity index (χ1) is 11.5. The highest BCUT2D eigenvalue weighted by Crippen LogP contribution is 2.30. The summed E-state index contributed by atoms with van der Waals surface area (Å²) in [6, 6.07) is 15.5. The van der Waals surface area contributed by atoms with Crippen molar-refractivity contribution < 1.29 is 18.4 Å². The van der Waals surface area contributed by atoms with Gasteiger partial charge in [0.1, 0.15) is 4.21 Å². The minimum Gasteiger partial charge on any atom is -0.289 e. The fraction of sp³-hybridized carbons (Fsp3) is 0.0625. The molecule has 0 spiro atoms. The quantitative estimate of drug-likeness (QED) is 0.480. The van der Waals surface area contributed by atoms with Gasteiger partial charge >= 0.3 is 0 Å². The maximum atomic E-state index is 12.5. The Kier molecular flexibility index (Phi) is 4.52. The van der Waals surface area contributed by atoms with Gasteiger partial charge in [-0.1, -0.05) is 30.3 Å². The van der Waals surface area contributed by atoms with E-state index in [-0.39, 0.29) is 10.6 Å². The van der Waals surface area contributed by atoms with Crippen LogP contribution in [0.25, 0.3) is 10.1 Å². The van der Waals surface area contributed by atoms with Crippen molar-refractivity contribution in [3.05, 3.63) is 60.2 Å². The van der Waals surface area contributed by atoms with Gasteiger partial charge in [0.15, 0.2) is 0 Å². The highest BCUT2D eigenvalue weighted by molar-refractivity contribution is 7.94. The Labute approximate surface area is 142 Å². The molecule has 1 heterocycles. The van der Waals surface area contributed by atoms with Gasteiger partial charge in [0.2, 0.25) is 5.91 Å². The molecule has 0 aliphatic rings. The Bertz CT molecular complexity index is 963. The summed E-state index contributed by atoms with van der Waals surface area (Å²) in [7, 11) is -3.71. The van der Waals surface area contributed by atoms with Crippen LogP contribution in [0, 0.1) is 0 Å². The minimum absolute atomic E-state index is 0.0467. The third-order valence-electron chi connectivity index (χ3n) is 3.34. The molecule has 0 aliphatic heterocycles. The molecule has 3 aromatic rings. The van der Waals surface area contributed by atoms with Crippen molar-refractivity contribution in [2.75, 3.05) is 4.72 Å². The molecule has 1 amide bonds. The maximum absolute atomic E-state index is 12.5. The Morgan fingerprint density at radius 3 is 2.62 bits per heavy atom. The normalized spacial score (nSPS) is 11.4. The van der Waals surface area contributed by atoms with Crippen LogP contribution in [-0.4, -0.2) is 19.5 Å². The zero-order valence-corrected chi connectivity index (χ0v) is 14.0. The molecule has 124 valence electrons. The van der Waals surface area contributed by atoms with E-state index < -0.39 is 15.9 Å². The molecule has 0 aliphatic carbocycles. The molecule has 0 saturated carbocycles. The van der Waals surface area contributed by atoms with Crippen molar-refractivity contribution >= 4 is 43.0 Å². The molecule has 8 heteroatoms. The zero-order valence-electron chi connectivity index (χ0n) is 12.4. The first-order valence-corrected chi connectivity index (χ1v) is 9.31. The molecule has 0 saturated heterocycles. The third-order valence-corrected chi connectivity index (χ3v) is 6.31. The molecular formula is C16H14N2O4S2. The van der Waals surface area contributed by atoms with Gasteiger partial charge < -0.3 is 0 Å². The van der Waals surface area contributed by atoms with Gasteiger partial charge in [-0.05, 0) is 35.2 Å². The van der Waals surface area contributed by atoms with Crippen molar-refractivity contribution in [3.63, 3.8) is 0 Å². The summed E-state index contributed by atoms with van der Waals surface area (Å²) < 4.78 is 28.7. The second-order valence-corrected chi connectivity index (χ2v) is 8.11. The molecule has 0 atom stereocenters. The molecular weight excluding hydrogens is 348 g/mol. The monoisotopic (exact) mass is 362 g/mol. The average molecular weight is 362 g/mol. The number of carbonyl (C=O) groups is 1. The van der Waals surface area contributed by atoms with Crippen molar-refractivity contribution in [1.29, 1.82) is 0 Å². The molecule has 0 radical (unpaired) electrons. The van der Waals surface area contributed by atoms with E-state index in [0.717, 1.165) is 10.1 Å². The second-order valence-electron chi connectivity index (χ2n) is 5.12. The van der Waals surface area contributed by atoms with E-state index in [4.69, 9.17) is 5.21 Å². The summed E-state index contributed by atoms with van der Waals surface area (Å²) in [6.07, 6.45) is -0.0467. The van der Waals surface area contributed by atoms with Crippen LogP contribution in [0.1, 0.15) is 5.56 Å². The van der Waals surface area contributed by atoms with Crippen LogP contribution in [0.4, 0.5) is 5.69 Å². The number of benzene rings is 2. The number of amides is 1. The molecule has 0 fully saturated rings. The smallest absolute Gasteiger partial charge is 0.271 e. The zero-order chi connectivity index (χ0) is 17.2. The first-order valence-electron chi connectivity index (χ1n) is 7.01.